The normalized spacial score (nSPS) is 34.3. The van der Waals surface area contributed by atoms with E-state index in [0.29, 0.717) is 24.0 Å². The Balaban J connectivity index is 1.52. The van der Waals surface area contributed by atoms with E-state index in [4.69, 9.17) is 25.8 Å². The smallest absolute Gasteiger partial charge is 0.236 e. The van der Waals surface area contributed by atoms with E-state index in [1.807, 2.05) is 6.92 Å². The van der Waals surface area contributed by atoms with Crippen molar-refractivity contribution in [1.82, 2.24) is 4.90 Å². The quantitative estimate of drug-likeness (QED) is 0.571. The molecule has 0 N–H and O–H groups in total. The molecule has 5 rings (SSSR count). The van der Waals surface area contributed by atoms with Gasteiger partial charge in [-0.25, -0.2) is 0 Å². The third-order valence-corrected chi connectivity index (χ3v) is 8.43. The molecule has 7 heteroatoms. The Morgan fingerprint density at radius 2 is 1.82 bits per heavy atom. The Bertz CT molecular complexity index is 1090. The van der Waals surface area contributed by atoms with Gasteiger partial charge in [0.25, 0.3) is 0 Å². The Hall–Kier alpha value is -2.21. The van der Waals surface area contributed by atoms with Crippen molar-refractivity contribution in [1.29, 1.82) is 0 Å². The number of likely N-dealkylation sites (tertiary alicyclic amines) is 1. The molecule has 2 fully saturated rings. The Labute approximate surface area is 200 Å². The molecule has 1 saturated heterocycles. The first kappa shape index (κ1) is 22.6. The number of ether oxygens (including phenoxy) is 3. The number of nitrogens with zero attached hydrogens (tertiary/aromatic N) is 1. The maximum Gasteiger partial charge on any atom is 0.236 e. The molecule has 0 radical (unpaired) electrons. The van der Waals surface area contributed by atoms with Gasteiger partial charge < -0.3 is 19.1 Å². The molecular weight excluding hydrogens is 442 g/mol. The van der Waals surface area contributed by atoms with E-state index >= 15 is 0 Å². The molecule has 1 aromatic rings. The van der Waals surface area contributed by atoms with E-state index in [1.54, 1.807) is 12.1 Å². The molecule has 2 bridgehead atoms. The predicted molar refractivity (Wildman–Crippen MR) is 125 cm³/mol. The van der Waals surface area contributed by atoms with E-state index in [2.05, 4.69) is 25.7 Å². The molecule has 0 aromatic heterocycles. The lowest BCUT2D eigenvalue weighted by molar-refractivity contribution is -0.129. The van der Waals surface area contributed by atoms with Gasteiger partial charge in [-0.1, -0.05) is 39.3 Å². The van der Waals surface area contributed by atoms with Crippen LogP contribution in [0.25, 0.3) is 0 Å². The van der Waals surface area contributed by atoms with Gasteiger partial charge in [0, 0.05) is 36.3 Å². The molecule has 1 saturated carbocycles. The van der Waals surface area contributed by atoms with Gasteiger partial charge >= 0.3 is 0 Å². The third kappa shape index (κ3) is 3.13. The number of hydrogen-bond donors (Lipinski definition) is 0. The number of Topliss-reactive ketones (excluding diaryl/α,β-unsaturated/α-hetero) is 1. The van der Waals surface area contributed by atoms with E-state index in [1.165, 1.54) is 20.6 Å². The molecule has 2 aliphatic heterocycles. The summed E-state index contributed by atoms with van der Waals surface area (Å²) in [6, 6.07) is 1.99. The molecule has 1 aromatic carbocycles. The second-order valence-electron chi connectivity index (χ2n) is 11.4. The molecule has 0 amide bonds. The van der Waals surface area contributed by atoms with Gasteiger partial charge in [-0.15, -0.1) is 0 Å². The van der Waals surface area contributed by atoms with E-state index < -0.39 is 5.60 Å². The molecule has 4 aliphatic rings. The minimum absolute atomic E-state index is 0.168. The second-order valence-corrected chi connectivity index (χ2v) is 11.8. The summed E-state index contributed by atoms with van der Waals surface area (Å²) in [5.74, 6) is -0.254. The number of methoxy groups -OCH3 is 2. The van der Waals surface area contributed by atoms with Crippen LogP contribution >= 0.6 is 11.6 Å². The number of halogens is 1. The van der Waals surface area contributed by atoms with Crippen LogP contribution in [-0.4, -0.2) is 48.9 Å². The van der Waals surface area contributed by atoms with Crippen molar-refractivity contribution in [2.24, 2.45) is 16.7 Å². The standard InChI is InChI=1S/C26H32ClNO5/c1-14-7-15(28-13-25(4)11-16(28)10-24(2,3)12-25)8-19(29)26(14)23(30)20-17(31-5)9-18(32-6)21(27)22(20)33-26/h8-9,14,16H,7,10-13H2,1-6H3/t14-,16?,25?,26+/m1/s1. The number of hydrogen-bond acceptors (Lipinski definition) is 6. The first-order valence-corrected chi connectivity index (χ1v) is 12.0. The zero-order chi connectivity index (χ0) is 23.9. The van der Waals surface area contributed by atoms with Crippen molar-refractivity contribution < 1.29 is 23.8 Å². The number of ketones is 2. The van der Waals surface area contributed by atoms with E-state index in [9.17, 15) is 9.59 Å². The lowest BCUT2D eigenvalue weighted by Gasteiger charge is -2.41. The van der Waals surface area contributed by atoms with Gasteiger partial charge in [0.05, 0.1) is 14.2 Å². The fourth-order valence-corrected chi connectivity index (χ4v) is 7.37. The summed E-state index contributed by atoms with van der Waals surface area (Å²) >= 11 is 6.49. The maximum atomic E-state index is 13.7. The van der Waals surface area contributed by atoms with Crippen molar-refractivity contribution in [2.75, 3.05) is 20.8 Å². The number of fused-ring (bicyclic) bond motifs is 3. The Morgan fingerprint density at radius 3 is 2.45 bits per heavy atom. The molecule has 1 spiro atoms. The fraction of sp³-hybridized carbons (Fsp3) is 0.615. The monoisotopic (exact) mass is 473 g/mol. The largest absolute Gasteiger partial charge is 0.496 e. The van der Waals surface area contributed by atoms with Crippen LogP contribution in [0.2, 0.25) is 5.02 Å². The van der Waals surface area contributed by atoms with E-state index in [0.717, 1.165) is 25.1 Å². The van der Waals surface area contributed by atoms with Crippen molar-refractivity contribution in [2.45, 2.75) is 65.0 Å². The lowest BCUT2D eigenvalue weighted by Crippen LogP contribution is -2.55. The molecule has 4 atom stereocenters. The SMILES string of the molecule is COc1cc(OC)c2c(c1Cl)O[C@@]1(C(=O)C=C(N3CC4(C)CC3CC(C)(C)C4)C[C@H]1C)C2=O. The fourth-order valence-electron chi connectivity index (χ4n) is 7.10. The van der Waals surface area contributed by atoms with Crippen LogP contribution in [0.15, 0.2) is 17.8 Å². The van der Waals surface area contributed by atoms with Crippen LogP contribution in [0, 0.1) is 16.7 Å². The Kier molecular flexibility index (Phi) is 4.89. The minimum Gasteiger partial charge on any atom is -0.496 e. The summed E-state index contributed by atoms with van der Waals surface area (Å²) in [6.07, 6.45) is 5.69. The first-order valence-electron chi connectivity index (χ1n) is 11.6. The summed E-state index contributed by atoms with van der Waals surface area (Å²) < 4.78 is 16.9. The molecule has 6 nitrogen and oxygen atoms in total. The summed E-state index contributed by atoms with van der Waals surface area (Å²) in [4.78, 5) is 29.8. The van der Waals surface area contributed by atoms with Crippen molar-refractivity contribution >= 4 is 23.2 Å². The average Bonchev–Trinajstić information content (AvgIpc) is 3.18. The van der Waals surface area contributed by atoms with Crippen LogP contribution in [0.4, 0.5) is 0 Å². The molecule has 2 heterocycles. The second kappa shape index (κ2) is 7.14. The number of benzene rings is 1. The van der Waals surface area contributed by atoms with Gasteiger partial charge in [-0.3, -0.25) is 9.59 Å². The van der Waals surface area contributed by atoms with Crippen molar-refractivity contribution in [3.63, 3.8) is 0 Å². The Morgan fingerprint density at radius 1 is 1.12 bits per heavy atom. The average molecular weight is 474 g/mol. The highest BCUT2D eigenvalue weighted by Gasteiger charge is 2.61. The van der Waals surface area contributed by atoms with Crippen molar-refractivity contribution in [3.8, 4) is 17.2 Å². The maximum absolute atomic E-state index is 13.7. The molecule has 33 heavy (non-hydrogen) atoms. The van der Waals surface area contributed by atoms with Gasteiger partial charge in [-0.2, -0.15) is 0 Å². The molecule has 2 unspecified atom stereocenters. The number of allylic oxidation sites excluding steroid dienone is 1. The number of carbonyl (C=O) groups excluding carboxylic acids is 2. The number of rotatable bonds is 3. The highest BCUT2D eigenvalue weighted by atomic mass is 35.5. The first-order chi connectivity index (χ1) is 15.4. The third-order valence-electron chi connectivity index (χ3n) is 8.08. The zero-order valence-corrected chi connectivity index (χ0v) is 21.0. The van der Waals surface area contributed by atoms with Gasteiger partial charge in [0.15, 0.2) is 5.75 Å². The van der Waals surface area contributed by atoms with Gasteiger partial charge in [0.1, 0.15) is 22.1 Å². The van der Waals surface area contributed by atoms with Gasteiger partial charge in [0.2, 0.25) is 17.2 Å². The summed E-state index contributed by atoms with van der Waals surface area (Å²) in [5, 5.41) is 0.178. The van der Waals surface area contributed by atoms with Crippen LogP contribution in [0.1, 0.15) is 63.7 Å². The predicted octanol–water partition coefficient (Wildman–Crippen LogP) is 5.06. The van der Waals surface area contributed by atoms with Crippen LogP contribution in [0.5, 0.6) is 17.2 Å². The highest BCUT2D eigenvalue weighted by molar-refractivity contribution is 6.36. The van der Waals surface area contributed by atoms with Gasteiger partial charge in [-0.05, 0) is 36.5 Å². The zero-order valence-electron chi connectivity index (χ0n) is 20.2. The van der Waals surface area contributed by atoms with Crippen LogP contribution in [-0.2, 0) is 4.79 Å². The summed E-state index contributed by atoms with van der Waals surface area (Å²) in [6.45, 7) is 9.91. The summed E-state index contributed by atoms with van der Waals surface area (Å²) in [5.41, 5.74) is 0.158. The lowest BCUT2D eigenvalue weighted by atomic mass is 9.65. The van der Waals surface area contributed by atoms with Crippen molar-refractivity contribution in [3.05, 3.63) is 28.4 Å². The van der Waals surface area contributed by atoms with Crippen LogP contribution < -0.4 is 14.2 Å². The topological polar surface area (TPSA) is 65.1 Å². The summed E-state index contributed by atoms with van der Waals surface area (Å²) in [7, 11) is 2.95. The minimum atomic E-state index is -1.62. The molecule has 178 valence electrons. The van der Waals surface area contributed by atoms with E-state index in [-0.39, 0.29) is 44.6 Å². The molecular formula is C26H32ClNO5. The van der Waals surface area contributed by atoms with Crippen LogP contribution in [0.3, 0.4) is 0 Å². The highest BCUT2D eigenvalue weighted by Crippen LogP contribution is 2.56. The molecule has 2 aliphatic carbocycles. The number of carbonyl (C=O) groups is 2.